The van der Waals surface area contributed by atoms with Crippen LogP contribution in [0.25, 0.3) is 11.5 Å². The second kappa shape index (κ2) is 10.9. The van der Waals surface area contributed by atoms with E-state index < -0.39 is 11.7 Å². The molecule has 7 heteroatoms. The molecule has 0 aliphatic rings. The lowest BCUT2D eigenvalue weighted by molar-refractivity contribution is -0.137. The Bertz CT molecular complexity index is 1020. The quantitative estimate of drug-likeness (QED) is 0.324. The summed E-state index contributed by atoms with van der Waals surface area (Å²) in [6, 6.07) is 13.2. The Morgan fingerprint density at radius 3 is 2.31 bits per heavy atom. The van der Waals surface area contributed by atoms with Crippen molar-refractivity contribution in [2.45, 2.75) is 51.5 Å². The largest absolute Gasteiger partial charge is 0.441 e. The molecule has 0 saturated carbocycles. The summed E-state index contributed by atoms with van der Waals surface area (Å²) in [5.41, 5.74) is 3.17. The highest BCUT2D eigenvalue weighted by molar-refractivity contribution is 7.99. The highest BCUT2D eigenvalue weighted by atomic mass is 32.2. The van der Waals surface area contributed by atoms with E-state index in [1.165, 1.54) is 29.5 Å². The van der Waals surface area contributed by atoms with Crippen molar-refractivity contribution in [1.82, 2.24) is 4.98 Å². The van der Waals surface area contributed by atoms with Crippen LogP contribution in [0, 0.1) is 6.92 Å². The fraction of sp³-hybridized carbons (Fsp3) is 0.360. The normalized spacial score (nSPS) is 11.7. The zero-order chi connectivity index (χ0) is 23.1. The predicted octanol–water partition coefficient (Wildman–Crippen LogP) is 7.06. The molecule has 3 aromatic rings. The van der Waals surface area contributed by atoms with Crippen LogP contribution < -0.4 is 0 Å². The molecule has 0 spiro atoms. The van der Waals surface area contributed by atoms with Gasteiger partial charge in [-0.3, -0.25) is 4.79 Å². The van der Waals surface area contributed by atoms with E-state index in [4.69, 9.17) is 4.42 Å². The van der Waals surface area contributed by atoms with Gasteiger partial charge in [-0.2, -0.15) is 13.2 Å². The third-order valence-corrected chi connectivity index (χ3v) is 6.21. The van der Waals surface area contributed by atoms with Crippen LogP contribution in [-0.4, -0.2) is 16.5 Å². The number of aryl methyl sites for hydroxylation is 3. The topological polar surface area (TPSA) is 43.1 Å². The van der Waals surface area contributed by atoms with Crippen LogP contribution in [0.15, 0.2) is 52.9 Å². The first-order chi connectivity index (χ1) is 15.3. The summed E-state index contributed by atoms with van der Waals surface area (Å²) in [6.07, 6.45) is -1.75. The summed E-state index contributed by atoms with van der Waals surface area (Å²) >= 11 is 1.50. The summed E-state index contributed by atoms with van der Waals surface area (Å²) in [5, 5.41) is 0. The molecule has 3 rings (SSSR count). The van der Waals surface area contributed by atoms with Gasteiger partial charge in [-0.05, 0) is 61.6 Å². The average molecular weight is 462 g/mol. The fourth-order valence-electron chi connectivity index (χ4n) is 3.25. The Morgan fingerprint density at radius 1 is 1.03 bits per heavy atom. The minimum absolute atomic E-state index is 0.124. The number of halogens is 3. The molecule has 170 valence electrons. The van der Waals surface area contributed by atoms with Crippen LogP contribution in [0.2, 0.25) is 0 Å². The number of ketones is 1. The lowest BCUT2D eigenvalue weighted by atomic mass is 10.0. The number of nitrogens with zero attached hydrogens (tertiary/aromatic N) is 1. The maximum Gasteiger partial charge on any atom is 0.416 e. The molecule has 0 aliphatic carbocycles. The lowest BCUT2D eigenvalue weighted by Gasteiger charge is -2.07. The monoisotopic (exact) mass is 461 g/mol. The number of carbonyl (C=O) groups excluding carboxylic acids is 1. The predicted molar refractivity (Wildman–Crippen MR) is 122 cm³/mol. The van der Waals surface area contributed by atoms with Gasteiger partial charge in [0.15, 0.2) is 0 Å². The van der Waals surface area contributed by atoms with E-state index in [0.717, 1.165) is 41.1 Å². The number of hydrogen-bond donors (Lipinski definition) is 0. The third-order valence-electron chi connectivity index (χ3n) is 5.21. The minimum Gasteiger partial charge on any atom is -0.441 e. The lowest BCUT2D eigenvalue weighted by Crippen LogP contribution is -2.05. The first-order valence-electron chi connectivity index (χ1n) is 10.6. The first kappa shape index (κ1) is 24.1. The summed E-state index contributed by atoms with van der Waals surface area (Å²) < 4.78 is 43.6. The van der Waals surface area contributed by atoms with Crippen LogP contribution in [0.1, 0.15) is 47.9 Å². The molecule has 32 heavy (non-hydrogen) atoms. The molecule has 0 aliphatic heterocycles. The Kier molecular flexibility index (Phi) is 8.18. The average Bonchev–Trinajstić information content (AvgIpc) is 3.14. The van der Waals surface area contributed by atoms with Gasteiger partial charge >= 0.3 is 6.18 Å². The van der Waals surface area contributed by atoms with Crippen molar-refractivity contribution in [3.8, 4) is 11.5 Å². The number of carbonyl (C=O) groups is 1. The van der Waals surface area contributed by atoms with Crippen molar-refractivity contribution in [3.05, 3.63) is 76.7 Å². The number of benzene rings is 2. The molecule has 0 fully saturated rings. The maximum absolute atomic E-state index is 12.6. The highest BCUT2D eigenvalue weighted by Crippen LogP contribution is 2.29. The van der Waals surface area contributed by atoms with E-state index >= 15 is 0 Å². The van der Waals surface area contributed by atoms with E-state index in [1.807, 2.05) is 19.1 Å². The van der Waals surface area contributed by atoms with Gasteiger partial charge in [0.25, 0.3) is 0 Å². The molecule has 0 atom stereocenters. The van der Waals surface area contributed by atoms with Gasteiger partial charge in [-0.25, -0.2) is 4.98 Å². The number of aromatic nitrogens is 1. The smallest absolute Gasteiger partial charge is 0.416 e. The minimum atomic E-state index is -4.33. The van der Waals surface area contributed by atoms with Gasteiger partial charge in [-0.15, -0.1) is 11.8 Å². The highest BCUT2D eigenvalue weighted by Gasteiger charge is 2.29. The second-order valence-electron chi connectivity index (χ2n) is 7.65. The van der Waals surface area contributed by atoms with Crippen molar-refractivity contribution in [2.75, 3.05) is 5.75 Å². The van der Waals surface area contributed by atoms with Crippen LogP contribution in [0.4, 0.5) is 13.2 Å². The molecule has 1 aromatic heterocycles. The molecular weight excluding hydrogens is 435 g/mol. The van der Waals surface area contributed by atoms with E-state index in [1.54, 1.807) is 0 Å². The second-order valence-corrected chi connectivity index (χ2v) is 8.64. The van der Waals surface area contributed by atoms with Crippen molar-refractivity contribution in [3.63, 3.8) is 0 Å². The molecule has 0 radical (unpaired) electrons. The Labute approximate surface area is 190 Å². The molecule has 1 heterocycles. The van der Waals surface area contributed by atoms with Crippen molar-refractivity contribution >= 4 is 17.5 Å². The van der Waals surface area contributed by atoms with Gasteiger partial charge in [0.2, 0.25) is 5.89 Å². The molecule has 2 aromatic carbocycles. The van der Waals surface area contributed by atoms with Gasteiger partial charge in [0, 0.05) is 17.7 Å². The van der Waals surface area contributed by atoms with Gasteiger partial charge < -0.3 is 4.42 Å². The Balaban J connectivity index is 1.41. The summed E-state index contributed by atoms with van der Waals surface area (Å²) in [5.74, 6) is 2.43. The van der Waals surface area contributed by atoms with Gasteiger partial charge in [-0.1, -0.05) is 31.2 Å². The van der Waals surface area contributed by atoms with E-state index in [0.29, 0.717) is 36.7 Å². The molecule has 0 bridgehead atoms. The van der Waals surface area contributed by atoms with E-state index in [2.05, 4.69) is 24.0 Å². The van der Waals surface area contributed by atoms with Crippen LogP contribution >= 0.6 is 11.8 Å². The molecule has 0 unspecified atom stereocenters. The Morgan fingerprint density at radius 2 is 1.69 bits per heavy atom. The van der Waals surface area contributed by atoms with Crippen molar-refractivity contribution in [1.29, 1.82) is 0 Å². The number of oxazole rings is 1. The SMILES string of the molecule is CCc1ccc(-c2nc(CSCC(=O)CCCc3ccc(C(F)(F)F)cc3)c(C)o2)cc1. The molecule has 0 N–H and O–H groups in total. The van der Waals surface area contributed by atoms with E-state index in [-0.39, 0.29) is 5.78 Å². The van der Waals surface area contributed by atoms with Crippen LogP contribution in [0.5, 0.6) is 0 Å². The molecule has 3 nitrogen and oxygen atoms in total. The number of rotatable bonds is 10. The van der Waals surface area contributed by atoms with E-state index in [9.17, 15) is 18.0 Å². The van der Waals surface area contributed by atoms with Crippen molar-refractivity contribution < 1.29 is 22.4 Å². The van der Waals surface area contributed by atoms with Crippen LogP contribution in [-0.2, 0) is 29.6 Å². The standard InChI is InChI=1S/C25H26F3NO2S/c1-3-18-7-11-20(12-8-18)24-29-23(17(2)31-24)16-32-15-22(30)6-4-5-19-9-13-21(14-10-19)25(26,27)28/h7-14H,3-6,15-16H2,1-2H3. The third kappa shape index (κ3) is 6.73. The van der Waals surface area contributed by atoms with Crippen LogP contribution in [0.3, 0.4) is 0 Å². The first-order valence-corrected chi connectivity index (χ1v) is 11.7. The summed E-state index contributed by atoms with van der Waals surface area (Å²) in [7, 11) is 0. The molecule has 0 amide bonds. The number of alkyl halides is 3. The fourth-order valence-corrected chi connectivity index (χ4v) is 4.19. The zero-order valence-corrected chi connectivity index (χ0v) is 19.0. The van der Waals surface area contributed by atoms with Gasteiger partial charge in [0.05, 0.1) is 17.0 Å². The Hall–Kier alpha value is -2.54. The summed E-state index contributed by atoms with van der Waals surface area (Å²) in [4.78, 5) is 16.7. The molecule has 0 saturated heterocycles. The number of Topliss-reactive ketones (excluding diaryl/α,β-unsaturated/α-hetero) is 1. The molecular formula is C25H26F3NO2S. The summed E-state index contributed by atoms with van der Waals surface area (Å²) in [6.45, 7) is 3.98. The maximum atomic E-state index is 12.6. The zero-order valence-electron chi connectivity index (χ0n) is 18.2. The number of thioether (sulfide) groups is 1. The van der Waals surface area contributed by atoms with Crippen molar-refractivity contribution in [2.24, 2.45) is 0 Å². The van der Waals surface area contributed by atoms with Gasteiger partial charge in [0.1, 0.15) is 11.5 Å². The number of hydrogen-bond acceptors (Lipinski definition) is 4.